The van der Waals surface area contributed by atoms with Gasteiger partial charge in [0.2, 0.25) is 0 Å². The highest BCUT2D eigenvalue weighted by Gasteiger charge is 2.36. The van der Waals surface area contributed by atoms with Gasteiger partial charge >= 0.3 is 0 Å². The van der Waals surface area contributed by atoms with E-state index in [1.165, 1.54) is 18.3 Å². The third-order valence-corrected chi connectivity index (χ3v) is 6.05. The molecule has 4 rings (SSSR count). The van der Waals surface area contributed by atoms with Crippen LogP contribution in [-0.4, -0.2) is 30.1 Å². The van der Waals surface area contributed by atoms with Crippen LogP contribution in [0.3, 0.4) is 0 Å². The predicted molar refractivity (Wildman–Crippen MR) is 107 cm³/mol. The van der Waals surface area contributed by atoms with Crippen LogP contribution in [0.1, 0.15) is 26.4 Å². The Morgan fingerprint density at radius 2 is 1.62 bits per heavy atom. The van der Waals surface area contributed by atoms with Crippen molar-refractivity contribution in [2.75, 3.05) is 4.72 Å². The molecule has 2 amide bonds. The summed E-state index contributed by atoms with van der Waals surface area (Å²) in [5.74, 6) is -0.883. The maximum atomic E-state index is 12.5. The number of sulfonamides is 1. The third kappa shape index (κ3) is 3.72. The Morgan fingerprint density at radius 3 is 2.28 bits per heavy atom. The van der Waals surface area contributed by atoms with Crippen molar-refractivity contribution in [2.24, 2.45) is 0 Å². The van der Waals surface area contributed by atoms with Crippen molar-refractivity contribution in [3.63, 3.8) is 0 Å². The van der Waals surface area contributed by atoms with Crippen LogP contribution in [0, 0.1) is 0 Å². The minimum Gasteiger partial charge on any atom is -0.280 e. The number of nitrogens with zero attached hydrogens (tertiary/aromatic N) is 2. The van der Waals surface area contributed by atoms with Gasteiger partial charge in [-0.15, -0.1) is 0 Å². The van der Waals surface area contributed by atoms with E-state index in [1.807, 2.05) is 0 Å². The molecule has 0 aliphatic carbocycles. The van der Waals surface area contributed by atoms with Crippen LogP contribution in [0.2, 0.25) is 5.02 Å². The fraction of sp³-hybridized carbons (Fsp3) is 0.0500. The number of benzene rings is 2. The molecule has 0 fully saturated rings. The lowest BCUT2D eigenvalue weighted by Crippen LogP contribution is -2.29. The molecule has 0 unspecified atom stereocenters. The largest absolute Gasteiger partial charge is 0.280 e. The zero-order valence-electron chi connectivity index (χ0n) is 14.9. The summed E-state index contributed by atoms with van der Waals surface area (Å²) in [5, 5.41) is 0.501. The van der Waals surface area contributed by atoms with Gasteiger partial charge in [0, 0.05) is 16.9 Å². The molecule has 146 valence electrons. The van der Waals surface area contributed by atoms with Gasteiger partial charge in [-0.1, -0.05) is 23.7 Å². The van der Waals surface area contributed by atoms with Gasteiger partial charge in [0.1, 0.15) is 5.69 Å². The Kier molecular flexibility index (Phi) is 4.81. The second kappa shape index (κ2) is 7.31. The van der Waals surface area contributed by atoms with Crippen molar-refractivity contribution >= 4 is 39.1 Å². The number of carbonyl (C=O) groups is 2. The minimum atomic E-state index is -3.79. The molecule has 29 heavy (non-hydrogen) atoms. The van der Waals surface area contributed by atoms with E-state index < -0.39 is 21.8 Å². The standard InChI is InChI=1S/C20H14ClN3O4S/c21-14-5-7-15(8-6-14)23-29(27,28)16-9-3-13(4-10-16)12-24-19(25)17-2-1-11-22-18(17)20(24)26/h1-11,23H,12H2. The summed E-state index contributed by atoms with van der Waals surface area (Å²) in [6.45, 7) is 0.0268. The quantitative estimate of drug-likeness (QED) is 0.630. The lowest BCUT2D eigenvalue weighted by Gasteiger charge is -2.14. The summed E-state index contributed by atoms with van der Waals surface area (Å²) in [4.78, 5) is 29.9. The zero-order valence-corrected chi connectivity index (χ0v) is 16.4. The lowest BCUT2D eigenvalue weighted by atomic mass is 10.2. The number of hydrogen-bond acceptors (Lipinski definition) is 5. The second-order valence-electron chi connectivity index (χ2n) is 6.35. The van der Waals surface area contributed by atoms with Crippen LogP contribution in [0.5, 0.6) is 0 Å². The summed E-state index contributed by atoms with van der Waals surface area (Å²) in [6, 6.07) is 15.4. The molecule has 7 nitrogen and oxygen atoms in total. The molecule has 0 radical (unpaired) electrons. The normalized spacial score (nSPS) is 13.5. The molecule has 1 aliphatic heterocycles. The second-order valence-corrected chi connectivity index (χ2v) is 8.47. The molecule has 9 heteroatoms. The molecule has 1 aliphatic rings. The molecule has 1 aromatic heterocycles. The molecule has 0 spiro atoms. The SMILES string of the molecule is O=C1c2cccnc2C(=O)N1Cc1ccc(S(=O)(=O)Nc2ccc(Cl)cc2)cc1. The van der Waals surface area contributed by atoms with Gasteiger partial charge in [-0.05, 0) is 54.1 Å². The average Bonchev–Trinajstić information content (AvgIpc) is 2.95. The highest BCUT2D eigenvalue weighted by Crippen LogP contribution is 2.23. The van der Waals surface area contributed by atoms with Gasteiger partial charge in [-0.3, -0.25) is 24.2 Å². The van der Waals surface area contributed by atoms with Crippen LogP contribution >= 0.6 is 11.6 Å². The van der Waals surface area contributed by atoms with E-state index in [4.69, 9.17) is 11.6 Å². The number of rotatable bonds is 5. The van der Waals surface area contributed by atoms with Gasteiger partial charge < -0.3 is 0 Å². The first-order valence-electron chi connectivity index (χ1n) is 8.54. The van der Waals surface area contributed by atoms with Crippen molar-refractivity contribution in [3.8, 4) is 0 Å². The zero-order chi connectivity index (χ0) is 20.6. The first-order valence-corrected chi connectivity index (χ1v) is 10.4. The van der Waals surface area contributed by atoms with Gasteiger partial charge in [0.25, 0.3) is 21.8 Å². The topological polar surface area (TPSA) is 96.4 Å². The molecule has 1 N–H and O–H groups in total. The van der Waals surface area contributed by atoms with Crippen molar-refractivity contribution in [1.29, 1.82) is 0 Å². The summed E-state index contributed by atoms with van der Waals surface area (Å²) >= 11 is 5.80. The summed E-state index contributed by atoms with van der Waals surface area (Å²) in [7, 11) is -3.79. The number of carbonyl (C=O) groups excluding carboxylic acids is 2. The van der Waals surface area contributed by atoms with E-state index in [0.29, 0.717) is 16.3 Å². The molecule has 2 heterocycles. The van der Waals surface area contributed by atoms with Crippen LogP contribution in [0.4, 0.5) is 5.69 Å². The van der Waals surface area contributed by atoms with E-state index in [1.54, 1.807) is 48.5 Å². The average molecular weight is 428 g/mol. The minimum absolute atomic E-state index is 0.0268. The van der Waals surface area contributed by atoms with E-state index >= 15 is 0 Å². The highest BCUT2D eigenvalue weighted by molar-refractivity contribution is 7.92. The van der Waals surface area contributed by atoms with E-state index in [2.05, 4.69) is 9.71 Å². The van der Waals surface area contributed by atoms with Crippen LogP contribution < -0.4 is 4.72 Å². The number of fused-ring (bicyclic) bond motifs is 1. The van der Waals surface area contributed by atoms with E-state index in [9.17, 15) is 18.0 Å². The van der Waals surface area contributed by atoms with Gasteiger partial charge in [0.05, 0.1) is 17.0 Å². The molecular weight excluding hydrogens is 414 g/mol. The van der Waals surface area contributed by atoms with E-state index in [0.717, 1.165) is 4.90 Å². The van der Waals surface area contributed by atoms with Gasteiger partial charge in [-0.25, -0.2) is 8.42 Å². The van der Waals surface area contributed by atoms with Crippen LogP contribution in [0.25, 0.3) is 0 Å². The number of imide groups is 1. The number of amides is 2. The first kappa shape index (κ1) is 19.1. The predicted octanol–water partition coefficient (Wildman–Crippen LogP) is 3.33. The Morgan fingerprint density at radius 1 is 0.931 bits per heavy atom. The van der Waals surface area contributed by atoms with Crippen molar-refractivity contribution < 1.29 is 18.0 Å². The summed E-state index contributed by atoms with van der Waals surface area (Å²) in [6.07, 6.45) is 1.46. The Hall–Kier alpha value is -3.23. The third-order valence-electron chi connectivity index (χ3n) is 4.40. The number of nitrogens with one attached hydrogen (secondary N) is 1. The highest BCUT2D eigenvalue weighted by atomic mass is 35.5. The van der Waals surface area contributed by atoms with Crippen LogP contribution in [-0.2, 0) is 16.6 Å². The molecular formula is C20H14ClN3O4S. The number of hydrogen-bond donors (Lipinski definition) is 1. The van der Waals surface area contributed by atoms with E-state index in [-0.39, 0.29) is 22.7 Å². The molecule has 0 atom stereocenters. The molecule has 0 saturated carbocycles. The number of pyridine rings is 1. The summed E-state index contributed by atoms with van der Waals surface area (Å²) < 4.78 is 27.5. The fourth-order valence-electron chi connectivity index (χ4n) is 2.95. The fourth-order valence-corrected chi connectivity index (χ4v) is 4.13. The van der Waals surface area contributed by atoms with Crippen molar-refractivity contribution in [2.45, 2.75) is 11.4 Å². The molecule has 3 aromatic rings. The smallest absolute Gasteiger partial charge is 0.280 e. The monoisotopic (exact) mass is 427 g/mol. The van der Waals surface area contributed by atoms with Gasteiger partial charge in [0.15, 0.2) is 0 Å². The number of anilines is 1. The molecule has 0 saturated heterocycles. The van der Waals surface area contributed by atoms with Crippen molar-refractivity contribution in [1.82, 2.24) is 9.88 Å². The van der Waals surface area contributed by atoms with Crippen LogP contribution in [0.15, 0.2) is 71.8 Å². The number of aromatic nitrogens is 1. The number of halogens is 1. The first-order chi connectivity index (χ1) is 13.8. The Balaban J connectivity index is 1.50. The summed E-state index contributed by atoms with van der Waals surface area (Å²) in [5.41, 5.74) is 1.40. The molecule has 2 aromatic carbocycles. The maximum Gasteiger partial charge on any atom is 0.280 e. The maximum absolute atomic E-state index is 12.5. The van der Waals surface area contributed by atoms with Gasteiger partial charge in [-0.2, -0.15) is 0 Å². The lowest BCUT2D eigenvalue weighted by molar-refractivity contribution is 0.0640. The molecule has 0 bridgehead atoms. The Bertz CT molecular complexity index is 1170. The van der Waals surface area contributed by atoms with Crippen molar-refractivity contribution in [3.05, 3.63) is 88.7 Å². The Labute approximate surface area is 172 Å².